The molecule has 13 aromatic heterocycles. The smallest absolute Gasteiger partial charge is 0.140 e. The van der Waals surface area contributed by atoms with Crippen LogP contribution in [-0.4, -0.2) is 61.9 Å². The van der Waals surface area contributed by atoms with Crippen molar-refractivity contribution in [3.8, 4) is 0 Å². The minimum Gasteiger partial charge on any atom is -0.343 e. The Labute approximate surface area is 706 Å². The number of fused-ring (bicyclic) bond motifs is 21. The summed E-state index contributed by atoms with van der Waals surface area (Å²) >= 11 is 0. The van der Waals surface area contributed by atoms with E-state index >= 15 is 0 Å². The summed E-state index contributed by atoms with van der Waals surface area (Å²) in [6.07, 6.45) is 15.1. The van der Waals surface area contributed by atoms with Crippen LogP contribution in [0.3, 0.4) is 0 Å². The Bertz CT molecular complexity index is 5710. The predicted octanol–water partition coefficient (Wildman–Crippen LogP) is 29.0. The molecule has 0 aliphatic heterocycles. The van der Waals surface area contributed by atoms with E-state index in [1.54, 1.807) is 0 Å². The summed E-state index contributed by atoms with van der Waals surface area (Å²) in [5, 5.41) is 15.4. The second kappa shape index (κ2) is 43.5. The van der Waals surface area contributed by atoms with Crippen molar-refractivity contribution in [2.75, 3.05) is 0 Å². The molecule has 0 fully saturated rings. The Kier molecular flexibility index (Phi) is 33.5. The van der Waals surface area contributed by atoms with Crippen LogP contribution in [0.5, 0.6) is 0 Å². The zero-order valence-corrected chi connectivity index (χ0v) is 76.1. The number of hydrogen-bond donors (Lipinski definition) is 0. The zero-order valence-electron chi connectivity index (χ0n) is 76.1. The summed E-state index contributed by atoms with van der Waals surface area (Å²) < 4.78 is 15.5. The van der Waals surface area contributed by atoms with Crippen LogP contribution in [-0.2, 0) is 49.3 Å². The fourth-order valence-electron chi connectivity index (χ4n) is 16.2. The lowest BCUT2D eigenvalue weighted by Gasteiger charge is -2.00. The molecule has 0 unspecified atom stereocenters. The molecule has 0 atom stereocenters. The first-order valence-corrected chi connectivity index (χ1v) is 42.6. The van der Waals surface area contributed by atoms with Crippen LogP contribution in [0.1, 0.15) is 136 Å². The maximum absolute atomic E-state index is 4.47. The van der Waals surface area contributed by atoms with E-state index in [0.29, 0.717) is 0 Å². The maximum atomic E-state index is 4.47. The van der Waals surface area contributed by atoms with Crippen molar-refractivity contribution in [2.24, 2.45) is 49.3 Å². The third kappa shape index (κ3) is 18.5. The second-order valence-electron chi connectivity index (χ2n) is 27.5. The van der Waals surface area contributed by atoms with Gasteiger partial charge in [-0.1, -0.05) is 243 Å². The largest absolute Gasteiger partial charge is 0.343 e. The molecular formula is C106H127N13. The Morgan fingerprint density at radius 1 is 0.185 bits per heavy atom. The van der Waals surface area contributed by atoms with Crippen LogP contribution in [0.2, 0.25) is 0 Å². The van der Waals surface area contributed by atoms with Crippen LogP contribution in [0.25, 0.3) is 153 Å². The van der Waals surface area contributed by atoms with Gasteiger partial charge in [0.05, 0.1) is 78.1 Å². The highest BCUT2D eigenvalue weighted by Crippen LogP contribution is 2.35. The minimum absolute atomic E-state index is 1.06. The van der Waals surface area contributed by atoms with Crippen molar-refractivity contribution < 1.29 is 0 Å². The molecule has 0 N–H and O–H groups in total. The van der Waals surface area contributed by atoms with E-state index in [-0.39, 0.29) is 0 Å². The summed E-state index contributed by atoms with van der Waals surface area (Å²) in [6, 6.07) is 74.0. The number of hydrogen-bond acceptors (Lipinski definition) is 6. The monoisotopic (exact) mass is 1580 g/mol. The van der Waals surface area contributed by atoms with E-state index in [1.165, 1.54) is 170 Å². The molecule has 13 heteroatoms. The first kappa shape index (κ1) is 91.8. The minimum atomic E-state index is 1.06. The quantitative estimate of drug-likeness (QED) is 0.149. The van der Waals surface area contributed by atoms with Crippen molar-refractivity contribution in [3.63, 3.8) is 0 Å². The van der Waals surface area contributed by atoms with Crippen LogP contribution in [0.4, 0.5) is 0 Å². The molecule has 0 saturated carbocycles. The van der Waals surface area contributed by atoms with E-state index in [0.717, 1.165) is 22.4 Å². The highest BCUT2D eigenvalue weighted by molar-refractivity contribution is 6.13. The van der Waals surface area contributed by atoms with Gasteiger partial charge in [0.15, 0.2) is 0 Å². The van der Waals surface area contributed by atoms with E-state index in [4.69, 9.17) is 0 Å². The van der Waals surface area contributed by atoms with Gasteiger partial charge in [0.1, 0.15) is 5.65 Å². The van der Waals surface area contributed by atoms with Gasteiger partial charge in [-0.25, -0.2) is 4.98 Å². The van der Waals surface area contributed by atoms with Gasteiger partial charge in [-0.05, 0) is 149 Å². The van der Waals surface area contributed by atoms with Gasteiger partial charge in [-0.3, -0.25) is 24.9 Å². The van der Waals surface area contributed by atoms with Crippen molar-refractivity contribution >= 4 is 153 Å². The number of aromatic nitrogens is 13. The molecule has 21 aromatic rings. The van der Waals surface area contributed by atoms with Gasteiger partial charge >= 0.3 is 0 Å². The molecule has 21 rings (SSSR count). The molecule has 13 heterocycles. The fraction of sp³-hybridized carbons (Fsp3) is 0.264. The van der Waals surface area contributed by atoms with E-state index < -0.39 is 0 Å². The summed E-state index contributed by atoms with van der Waals surface area (Å²) in [6.45, 7) is 42.9. The third-order valence-corrected chi connectivity index (χ3v) is 21.1. The van der Waals surface area contributed by atoms with Crippen molar-refractivity contribution in [1.29, 1.82) is 0 Å². The summed E-state index contributed by atoms with van der Waals surface area (Å²) in [5.74, 6) is 0. The first-order valence-electron chi connectivity index (χ1n) is 42.6. The molecule has 13 nitrogen and oxygen atoms in total. The topological polar surface area (TPSA) is 112 Å². The summed E-state index contributed by atoms with van der Waals surface area (Å²) in [5.41, 5.74) is 28.5. The number of rotatable bonds is 0. The molecule has 0 saturated heterocycles. The highest BCUT2D eigenvalue weighted by Gasteiger charge is 2.16. The van der Waals surface area contributed by atoms with Gasteiger partial charge in [0.25, 0.3) is 0 Å². The number of pyridine rings is 6. The Morgan fingerprint density at radius 2 is 0.487 bits per heavy atom. The molecule has 0 spiro atoms. The van der Waals surface area contributed by atoms with Crippen molar-refractivity contribution in [1.82, 2.24) is 61.9 Å². The second-order valence-corrected chi connectivity index (χ2v) is 27.5. The predicted molar refractivity (Wildman–Crippen MR) is 522 cm³/mol. The van der Waals surface area contributed by atoms with E-state index in [9.17, 15) is 0 Å². The van der Waals surface area contributed by atoms with Gasteiger partial charge < -0.3 is 32.0 Å². The standard InChI is InChI=1S/C14H13N.6C13H12N2.7C2H6/c1-10-6-5-8-12-11-7-3-4-9-13(11)15(2)14(10)12;1-9-5-3-6-10-11-7-4-8-14-13(11)15(2)12(9)10;1-9-4-3-5-11-10-6-7-14-8-12(10)15(2)13(9)11;1-9-7-14-8-11-10-5-3-4-6-12(10)15(2)13(9)11;1-9-13-11(7-8-14-9)10-5-3-4-6-12(10)15(13)2;2*1-9-7-8-14-12-10-5-3-4-6-11(10)15(2)13(9)12;7*1-2/h3-9H,1-2H3;6*3-8H,1-2H3;7*1-2H3. The van der Waals surface area contributed by atoms with Gasteiger partial charge in [0.2, 0.25) is 0 Å². The first-order chi connectivity index (χ1) is 58.0. The Balaban J connectivity index is 0.000000169. The van der Waals surface area contributed by atoms with Gasteiger partial charge in [-0.2, -0.15) is 0 Å². The molecule has 0 bridgehead atoms. The molecule has 0 aliphatic rings. The van der Waals surface area contributed by atoms with Crippen LogP contribution >= 0.6 is 0 Å². The average molecular weight is 1580 g/mol. The van der Waals surface area contributed by atoms with Crippen LogP contribution < -0.4 is 0 Å². The number of para-hydroxylation sites is 8. The normalized spacial score (nSPS) is 10.4. The van der Waals surface area contributed by atoms with Crippen LogP contribution in [0.15, 0.2) is 262 Å². The molecule has 119 heavy (non-hydrogen) atoms. The lowest BCUT2D eigenvalue weighted by Crippen LogP contribution is -1.90. The van der Waals surface area contributed by atoms with Crippen molar-refractivity contribution in [2.45, 2.75) is 145 Å². The van der Waals surface area contributed by atoms with Gasteiger partial charge in [-0.15, -0.1) is 0 Å². The molecule has 0 amide bonds. The number of benzene rings is 8. The Morgan fingerprint density at radius 3 is 0.933 bits per heavy atom. The lowest BCUT2D eigenvalue weighted by atomic mass is 10.1. The molecule has 0 radical (unpaired) electrons. The SMILES string of the molecule is CC.CC.CC.CC.CC.CC.CC.Cc1cccc2c3ccccc3n(C)c12.Cc1cccc2c3cccnc3n(C)c12.Cc1cccc2c3ccncc3n(C)c12.Cc1ccnc2c3ccccc3n(C)c12.Cc1ccnc2c3ccccc3n(C)c12.Cc1cncc2c3ccccc3n(C)c12.Cc1nccc2c3ccccc3n(C)c12. The fourth-order valence-corrected chi connectivity index (χ4v) is 16.2. The number of aryl methyl sites for hydroxylation is 14. The maximum Gasteiger partial charge on any atom is 0.140 e. The average Bonchev–Trinajstić information content (AvgIpc) is 1.67. The van der Waals surface area contributed by atoms with E-state index in [1.807, 2.05) is 153 Å². The third-order valence-electron chi connectivity index (χ3n) is 21.1. The lowest BCUT2D eigenvalue weighted by molar-refractivity contribution is 0.984. The molecule has 0 aliphatic carbocycles. The highest BCUT2D eigenvalue weighted by atomic mass is 15.0. The van der Waals surface area contributed by atoms with Crippen molar-refractivity contribution in [3.05, 3.63) is 301 Å². The van der Waals surface area contributed by atoms with E-state index in [2.05, 4.69) is 366 Å². The zero-order chi connectivity index (χ0) is 86.9. The number of nitrogens with zero attached hydrogens (tertiary/aromatic N) is 13. The van der Waals surface area contributed by atoms with Gasteiger partial charge in [0, 0.05) is 174 Å². The molecule has 8 aromatic carbocycles. The summed E-state index contributed by atoms with van der Waals surface area (Å²) in [7, 11) is 14.7. The summed E-state index contributed by atoms with van der Waals surface area (Å²) in [4.78, 5) is 26.1. The molecular weight excluding hydrogens is 1460 g/mol. The van der Waals surface area contributed by atoms with Crippen LogP contribution in [0, 0.1) is 48.5 Å². The molecule has 616 valence electrons. The Hall–Kier alpha value is -12.7.